The van der Waals surface area contributed by atoms with Crippen LogP contribution in [0.5, 0.6) is 5.75 Å². The number of carbonyl (C=O) groups excluding carboxylic acids is 1. The molecule has 4 aromatic rings. The zero-order valence-electron chi connectivity index (χ0n) is 19.5. The summed E-state index contributed by atoms with van der Waals surface area (Å²) < 4.78 is 7.23. The van der Waals surface area contributed by atoms with E-state index >= 15 is 0 Å². The molecule has 1 fully saturated rings. The highest BCUT2D eigenvalue weighted by molar-refractivity contribution is 5.80. The molecule has 7 nitrogen and oxygen atoms in total. The summed E-state index contributed by atoms with van der Waals surface area (Å²) in [6.07, 6.45) is 5.25. The monoisotopic (exact) mass is 455 g/mol. The number of nitrogens with one attached hydrogen (secondary N) is 1. The lowest BCUT2D eigenvalue weighted by molar-refractivity contribution is -0.126. The van der Waals surface area contributed by atoms with Gasteiger partial charge < -0.3 is 15.0 Å². The zero-order valence-corrected chi connectivity index (χ0v) is 19.5. The molecule has 5 rings (SSSR count). The summed E-state index contributed by atoms with van der Waals surface area (Å²) in [5.41, 5.74) is 3.95. The van der Waals surface area contributed by atoms with Gasteiger partial charge in [0, 0.05) is 37.0 Å². The minimum Gasteiger partial charge on any atom is -0.497 e. The number of fused-ring (bicyclic) bond motifs is 1. The zero-order chi connectivity index (χ0) is 23.5. The molecule has 1 saturated heterocycles. The number of hydrogen-bond acceptors (Lipinski definition) is 5. The first-order valence-corrected chi connectivity index (χ1v) is 11.7. The molecule has 0 spiro atoms. The Balaban J connectivity index is 1.28. The third-order valence-electron chi connectivity index (χ3n) is 6.56. The van der Waals surface area contributed by atoms with E-state index < -0.39 is 0 Å². The summed E-state index contributed by atoms with van der Waals surface area (Å²) in [6.45, 7) is 3.60. The number of anilines is 1. The maximum Gasteiger partial charge on any atom is 0.223 e. The van der Waals surface area contributed by atoms with Gasteiger partial charge in [0.2, 0.25) is 5.91 Å². The van der Waals surface area contributed by atoms with Crippen molar-refractivity contribution in [3.8, 4) is 17.0 Å². The van der Waals surface area contributed by atoms with Gasteiger partial charge in [-0.15, -0.1) is 0 Å². The first kappa shape index (κ1) is 21.9. The van der Waals surface area contributed by atoms with E-state index in [2.05, 4.69) is 21.3 Å². The maximum absolute atomic E-state index is 12.9. The van der Waals surface area contributed by atoms with Crippen LogP contribution in [-0.4, -0.2) is 40.7 Å². The van der Waals surface area contributed by atoms with E-state index in [1.54, 1.807) is 13.3 Å². The molecule has 7 heteroatoms. The summed E-state index contributed by atoms with van der Waals surface area (Å²) in [4.78, 5) is 19.8. The number of piperidine rings is 1. The molecular weight excluding hydrogens is 426 g/mol. The summed E-state index contributed by atoms with van der Waals surface area (Å²) in [5.74, 6) is 1.85. The topological polar surface area (TPSA) is 71.8 Å². The van der Waals surface area contributed by atoms with Crippen molar-refractivity contribution in [2.45, 2.75) is 25.8 Å². The van der Waals surface area contributed by atoms with Crippen molar-refractivity contribution in [3.05, 3.63) is 78.6 Å². The van der Waals surface area contributed by atoms with Crippen LogP contribution >= 0.6 is 0 Å². The van der Waals surface area contributed by atoms with Crippen LogP contribution in [0, 0.1) is 5.92 Å². The second kappa shape index (κ2) is 9.55. The number of ether oxygens (including phenoxy) is 1. The van der Waals surface area contributed by atoms with E-state index in [1.807, 2.05) is 72.2 Å². The van der Waals surface area contributed by atoms with Gasteiger partial charge in [-0.25, -0.2) is 9.50 Å². The molecule has 0 aliphatic carbocycles. The van der Waals surface area contributed by atoms with Crippen LogP contribution in [0.1, 0.15) is 31.4 Å². The van der Waals surface area contributed by atoms with Crippen molar-refractivity contribution in [1.29, 1.82) is 0 Å². The number of nitrogens with zero attached hydrogens (tertiary/aromatic N) is 4. The Morgan fingerprint density at radius 2 is 1.88 bits per heavy atom. The van der Waals surface area contributed by atoms with Crippen molar-refractivity contribution in [2.75, 3.05) is 25.1 Å². The lowest BCUT2D eigenvalue weighted by Crippen LogP contribution is -2.41. The van der Waals surface area contributed by atoms with Crippen LogP contribution in [0.25, 0.3) is 16.8 Å². The highest BCUT2D eigenvalue weighted by Gasteiger charge is 2.27. The molecule has 1 atom stereocenters. The number of benzene rings is 2. The molecule has 0 unspecified atom stereocenters. The fraction of sp³-hybridized carbons (Fsp3) is 0.296. The number of aromatic nitrogens is 3. The molecule has 34 heavy (non-hydrogen) atoms. The molecule has 0 radical (unpaired) electrons. The van der Waals surface area contributed by atoms with Crippen LogP contribution < -0.4 is 15.0 Å². The van der Waals surface area contributed by atoms with Crippen molar-refractivity contribution in [1.82, 2.24) is 19.9 Å². The van der Waals surface area contributed by atoms with E-state index in [4.69, 9.17) is 9.84 Å². The van der Waals surface area contributed by atoms with E-state index in [1.165, 1.54) is 0 Å². The number of carbonyl (C=O) groups is 1. The summed E-state index contributed by atoms with van der Waals surface area (Å²) in [5, 5.41) is 7.93. The van der Waals surface area contributed by atoms with E-state index in [0.717, 1.165) is 59.8 Å². The molecule has 0 bridgehead atoms. The van der Waals surface area contributed by atoms with Gasteiger partial charge in [-0.3, -0.25) is 4.79 Å². The molecule has 174 valence electrons. The number of methoxy groups -OCH3 is 1. The fourth-order valence-electron chi connectivity index (χ4n) is 4.59. The lowest BCUT2D eigenvalue weighted by Gasteiger charge is -2.32. The molecule has 1 aliphatic rings. The first-order chi connectivity index (χ1) is 16.6. The van der Waals surface area contributed by atoms with E-state index in [-0.39, 0.29) is 17.9 Å². The van der Waals surface area contributed by atoms with Crippen LogP contribution in [0.4, 0.5) is 5.82 Å². The Morgan fingerprint density at radius 1 is 1.09 bits per heavy atom. The van der Waals surface area contributed by atoms with Gasteiger partial charge in [0.1, 0.15) is 11.3 Å². The predicted molar refractivity (Wildman–Crippen MR) is 133 cm³/mol. The Kier molecular flexibility index (Phi) is 6.16. The van der Waals surface area contributed by atoms with Crippen LogP contribution in [0.2, 0.25) is 0 Å². The summed E-state index contributed by atoms with van der Waals surface area (Å²) >= 11 is 0. The normalized spacial score (nSPS) is 15.3. The van der Waals surface area contributed by atoms with Gasteiger partial charge >= 0.3 is 0 Å². The largest absolute Gasteiger partial charge is 0.497 e. The Morgan fingerprint density at radius 3 is 2.65 bits per heavy atom. The average molecular weight is 456 g/mol. The van der Waals surface area contributed by atoms with Gasteiger partial charge in [-0.05, 0) is 43.5 Å². The third kappa shape index (κ3) is 4.46. The SMILES string of the molecule is COc1cccc(-c2cc3c(N4CCC(C(=O)N[C@@H](C)c5ccccc5)CC4)nccn3n2)c1. The quantitative estimate of drug-likeness (QED) is 0.464. The minimum absolute atomic E-state index is 0.00368. The van der Waals surface area contributed by atoms with Gasteiger partial charge in [-0.1, -0.05) is 42.5 Å². The number of amides is 1. The predicted octanol–water partition coefficient (Wildman–Crippen LogP) is 4.50. The van der Waals surface area contributed by atoms with Crippen LogP contribution in [0.15, 0.2) is 73.1 Å². The van der Waals surface area contributed by atoms with Gasteiger partial charge in [0.25, 0.3) is 0 Å². The fourth-order valence-corrected chi connectivity index (χ4v) is 4.59. The maximum atomic E-state index is 12.9. The lowest BCUT2D eigenvalue weighted by atomic mass is 9.95. The van der Waals surface area contributed by atoms with Crippen LogP contribution in [0.3, 0.4) is 0 Å². The molecule has 1 amide bonds. The second-order valence-electron chi connectivity index (χ2n) is 8.74. The highest BCUT2D eigenvalue weighted by Crippen LogP contribution is 2.29. The van der Waals surface area contributed by atoms with E-state index in [0.29, 0.717) is 0 Å². The molecule has 1 aliphatic heterocycles. The van der Waals surface area contributed by atoms with Gasteiger partial charge in [-0.2, -0.15) is 5.10 Å². The molecule has 3 heterocycles. The Hall–Kier alpha value is -3.87. The van der Waals surface area contributed by atoms with Crippen molar-refractivity contribution in [2.24, 2.45) is 5.92 Å². The highest BCUT2D eigenvalue weighted by atomic mass is 16.5. The number of hydrogen-bond donors (Lipinski definition) is 1. The third-order valence-corrected chi connectivity index (χ3v) is 6.56. The summed E-state index contributed by atoms with van der Waals surface area (Å²) in [7, 11) is 1.66. The second-order valence-corrected chi connectivity index (χ2v) is 8.74. The van der Waals surface area contributed by atoms with Crippen LogP contribution in [-0.2, 0) is 4.79 Å². The molecule has 1 N–H and O–H groups in total. The standard InChI is InChI=1S/C27H29N5O2/c1-19(20-7-4-3-5-8-20)29-27(33)21-11-14-31(15-12-21)26-25-18-24(30-32(25)16-13-28-26)22-9-6-10-23(17-22)34-2/h3-10,13,16-19,21H,11-12,14-15H2,1-2H3,(H,29,33)/t19-/m0/s1. The van der Waals surface area contributed by atoms with Crippen molar-refractivity contribution in [3.63, 3.8) is 0 Å². The Labute approximate surface area is 199 Å². The minimum atomic E-state index is 0.00368. The van der Waals surface area contributed by atoms with Gasteiger partial charge in [0.05, 0.1) is 18.8 Å². The molecule has 2 aromatic heterocycles. The van der Waals surface area contributed by atoms with E-state index in [9.17, 15) is 4.79 Å². The molecule has 0 saturated carbocycles. The Bertz CT molecular complexity index is 1280. The smallest absolute Gasteiger partial charge is 0.223 e. The number of rotatable bonds is 6. The molecule has 2 aromatic carbocycles. The van der Waals surface area contributed by atoms with Gasteiger partial charge in [0.15, 0.2) is 5.82 Å². The van der Waals surface area contributed by atoms with Crippen molar-refractivity contribution >= 4 is 17.2 Å². The average Bonchev–Trinajstić information content (AvgIpc) is 3.34. The summed E-state index contributed by atoms with van der Waals surface area (Å²) in [6, 6.07) is 20.0. The molecular formula is C27H29N5O2. The first-order valence-electron chi connectivity index (χ1n) is 11.7. The van der Waals surface area contributed by atoms with Crippen molar-refractivity contribution < 1.29 is 9.53 Å².